The van der Waals surface area contributed by atoms with Crippen molar-refractivity contribution in [3.05, 3.63) is 75.9 Å². The predicted molar refractivity (Wildman–Crippen MR) is 157 cm³/mol. The van der Waals surface area contributed by atoms with E-state index < -0.39 is 0 Å². The molecule has 11 heteroatoms. The smallest absolute Gasteiger partial charge is 0.229 e. The first-order chi connectivity index (χ1) is 19.1. The molecular formula is C28H29Cl2N7O2. The molecule has 4 heterocycles. The van der Waals surface area contributed by atoms with Gasteiger partial charge in [-0.2, -0.15) is 15.1 Å². The summed E-state index contributed by atoms with van der Waals surface area (Å²) in [6.07, 6.45) is 3.91. The van der Waals surface area contributed by atoms with Crippen molar-refractivity contribution in [2.24, 2.45) is 5.10 Å². The molecule has 2 saturated heterocycles. The summed E-state index contributed by atoms with van der Waals surface area (Å²) in [5.74, 6) is 2.18. The van der Waals surface area contributed by atoms with Crippen molar-refractivity contribution in [2.45, 2.75) is 6.54 Å². The fourth-order valence-electron chi connectivity index (χ4n) is 4.85. The Kier molecular flexibility index (Phi) is 7.83. The third-order valence-electron chi connectivity index (χ3n) is 6.89. The topological polar surface area (TPSA) is 80.0 Å². The summed E-state index contributed by atoms with van der Waals surface area (Å²) < 4.78 is 13.2. The molecule has 0 aliphatic carbocycles. The van der Waals surface area contributed by atoms with E-state index in [4.69, 9.17) is 42.6 Å². The van der Waals surface area contributed by atoms with Crippen LogP contribution in [0.2, 0.25) is 10.0 Å². The fourth-order valence-corrected chi connectivity index (χ4v) is 5.32. The van der Waals surface area contributed by atoms with Crippen LogP contribution in [0.3, 0.4) is 0 Å². The number of hydrogen-bond acceptors (Lipinski definition) is 8. The molecule has 1 N–H and O–H groups in total. The maximum absolute atomic E-state index is 6.46. The molecule has 0 bridgehead atoms. The lowest BCUT2D eigenvalue weighted by molar-refractivity contribution is 0.121. The normalized spacial score (nSPS) is 16.4. The minimum Gasteiger partial charge on any atom is -0.378 e. The third-order valence-corrected chi connectivity index (χ3v) is 7.47. The van der Waals surface area contributed by atoms with Crippen LogP contribution in [-0.4, -0.2) is 73.4 Å². The number of ether oxygens (including phenoxy) is 2. The van der Waals surface area contributed by atoms with Crippen LogP contribution in [0.25, 0.3) is 10.9 Å². The van der Waals surface area contributed by atoms with E-state index in [2.05, 4.69) is 43.2 Å². The van der Waals surface area contributed by atoms with E-state index >= 15 is 0 Å². The minimum atomic E-state index is 0.621. The van der Waals surface area contributed by atoms with Crippen molar-refractivity contribution in [1.29, 1.82) is 0 Å². The SMILES string of the molecule is Clc1ccc(Cn2cc(/C=N/Nc3cc(N4CCOCC4)nc(N4CCOCC4)n3)c3ccccc32)c(Cl)c1. The second-order valence-electron chi connectivity index (χ2n) is 9.45. The van der Waals surface area contributed by atoms with E-state index in [1.807, 2.05) is 36.5 Å². The maximum Gasteiger partial charge on any atom is 0.229 e. The summed E-state index contributed by atoms with van der Waals surface area (Å²) in [7, 11) is 0. The van der Waals surface area contributed by atoms with E-state index in [9.17, 15) is 0 Å². The lowest BCUT2D eigenvalue weighted by Gasteiger charge is -2.31. The Bertz CT molecular complexity index is 1440. The van der Waals surface area contributed by atoms with Gasteiger partial charge in [-0.15, -0.1) is 0 Å². The van der Waals surface area contributed by atoms with Gasteiger partial charge in [-0.1, -0.05) is 47.5 Å². The number of hydrazone groups is 1. The van der Waals surface area contributed by atoms with Crippen LogP contribution < -0.4 is 15.2 Å². The van der Waals surface area contributed by atoms with E-state index in [-0.39, 0.29) is 0 Å². The largest absolute Gasteiger partial charge is 0.378 e. The van der Waals surface area contributed by atoms with Crippen molar-refractivity contribution < 1.29 is 9.47 Å². The Hall–Kier alpha value is -3.37. The van der Waals surface area contributed by atoms with Crippen molar-refractivity contribution in [3.63, 3.8) is 0 Å². The van der Waals surface area contributed by atoms with E-state index in [1.165, 1.54) is 0 Å². The maximum atomic E-state index is 6.46. The summed E-state index contributed by atoms with van der Waals surface area (Å²) in [6, 6.07) is 15.8. The number of rotatable bonds is 7. The first kappa shape index (κ1) is 25.9. The number of fused-ring (bicyclic) bond motifs is 1. The molecular weight excluding hydrogens is 537 g/mol. The van der Waals surface area contributed by atoms with Gasteiger partial charge < -0.3 is 23.8 Å². The quantitative estimate of drug-likeness (QED) is 0.252. The zero-order chi connectivity index (χ0) is 26.6. The first-order valence-corrected chi connectivity index (χ1v) is 13.7. The fraction of sp³-hybridized carbons (Fsp3) is 0.321. The van der Waals surface area contributed by atoms with Crippen molar-refractivity contribution in [2.75, 3.05) is 67.8 Å². The molecule has 0 radical (unpaired) electrons. The number of benzene rings is 2. The number of anilines is 3. The van der Waals surface area contributed by atoms with Crippen LogP contribution in [0.1, 0.15) is 11.1 Å². The minimum absolute atomic E-state index is 0.621. The van der Waals surface area contributed by atoms with Crippen molar-refractivity contribution >= 4 is 57.9 Å². The average molecular weight is 566 g/mol. The molecule has 6 rings (SSSR count). The van der Waals surface area contributed by atoms with Crippen molar-refractivity contribution in [1.82, 2.24) is 14.5 Å². The number of nitrogens with one attached hydrogen (secondary N) is 1. The Morgan fingerprint density at radius 2 is 1.64 bits per heavy atom. The molecule has 2 aliphatic heterocycles. The number of aromatic nitrogens is 3. The highest BCUT2D eigenvalue weighted by atomic mass is 35.5. The number of morpholine rings is 2. The highest BCUT2D eigenvalue weighted by molar-refractivity contribution is 6.35. The number of halogens is 2. The second kappa shape index (κ2) is 11.8. The van der Waals surface area contributed by atoms with Gasteiger partial charge in [0.15, 0.2) is 5.82 Å². The van der Waals surface area contributed by atoms with Crippen LogP contribution in [0.4, 0.5) is 17.6 Å². The molecule has 0 atom stereocenters. The molecule has 4 aromatic rings. The Morgan fingerprint density at radius 3 is 2.41 bits per heavy atom. The van der Waals surface area contributed by atoms with Gasteiger partial charge >= 0.3 is 0 Å². The zero-order valence-corrected chi connectivity index (χ0v) is 22.9. The van der Waals surface area contributed by atoms with Crippen LogP contribution in [0, 0.1) is 0 Å². The Balaban J connectivity index is 1.26. The Morgan fingerprint density at radius 1 is 0.897 bits per heavy atom. The van der Waals surface area contributed by atoms with Crippen LogP contribution in [0.5, 0.6) is 0 Å². The molecule has 202 valence electrons. The van der Waals surface area contributed by atoms with E-state index in [1.54, 1.807) is 6.07 Å². The first-order valence-electron chi connectivity index (χ1n) is 13.0. The molecule has 2 aromatic carbocycles. The Labute approximate surface area is 236 Å². The summed E-state index contributed by atoms with van der Waals surface area (Å²) in [6.45, 7) is 6.41. The van der Waals surface area contributed by atoms with E-state index in [0.29, 0.717) is 54.8 Å². The van der Waals surface area contributed by atoms with Crippen LogP contribution >= 0.6 is 23.2 Å². The van der Waals surface area contributed by atoms with Gasteiger partial charge in [-0.3, -0.25) is 5.43 Å². The number of nitrogens with zero attached hydrogens (tertiary/aromatic N) is 6. The molecule has 9 nitrogen and oxygen atoms in total. The average Bonchev–Trinajstić information content (AvgIpc) is 3.32. The van der Waals surface area contributed by atoms with Gasteiger partial charge in [0, 0.05) is 71.5 Å². The highest BCUT2D eigenvalue weighted by Crippen LogP contribution is 2.26. The van der Waals surface area contributed by atoms with Gasteiger partial charge in [-0.05, 0) is 23.8 Å². The van der Waals surface area contributed by atoms with Crippen molar-refractivity contribution in [3.8, 4) is 0 Å². The number of hydrogen-bond donors (Lipinski definition) is 1. The molecule has 0 amide bonds. The molecule has 0 unspecified atom stereocenters. The second-order valence-corrected chi connectivity index (χ2v) is 10.3. The van der Waals surface area contributed by atoms with Gasteiger partial charge in [0.2, 0.25) is 5.95 Å². The van der Waals surface area contributed by atoms with Gasteiger partial charge in [-0.25, -0.2) is 0 Å². The predicted octanol–water partition coefficient (Wildman–Crippen LogP) is 4.91. The van der Waals surface area contributed by atoms with E-state index in [0.717, 1.165) is 54.0 Å². The summed E-state index contributed by atoms with van der Waals surface area (Å²) in [5.41, 5.74) is 6.22. The summed E-state index contributed by atoms with van der Waals surface area (Å²) in [5, 5.41) is 6.94. The third kappa shape index (κ3) is 5.96. The summed E-state index contributed by atoms with van der Waals surface area (Å²) >= 11 is 12.6. The van der Waals surface area contributed by atoms with Crippen LogP contribution in [0.15, 0.2) is 59.8 Å². The molecule has 2 fully saturated rings. The molecule has 2 aliphatic rings. The van der Waals surface area contributed by atoms with Crippen LogP contribution in [-0.2, 0) is 16.0 Å². The molecule has 2 aromatic heterocycles. The lowest BCUT2D eigenvalue weighted by atomic mass is 10.2. The number of para-hydroxylation sites is 1. The molecule has 39 heavy (non-hydrogen) atoms. The molecule has 0 spiro atoms. The lowest BCUT2D eigenvalue weighted by Crippen LogP contribution is -2.39. The van der Waals surface area contributed by atoms with Gasteiger partial charge in [0.1, 0.15) is 5.82 Å². The highest BCUT2D eigenvalue weighted by Gasteiger charge is 2.19. The summed E-state index contributed by atoms with van der Waals surface area (Å²) in [4.78, 5) is 14.0. The van der Waals surface area contributed by atoms with Gasteiger partial charge in [0.25, 0.3) is 0 Å². The standard InChI is InChI=1S/C28H29Cl2N7O2/c29-22-6-5-20(24(30)15-22)18-37-19-21(23-3-1-2-4-25(23)37)17-31-34-26-16-27(35-7-11-38-12-8-35)33-28(32-26)36-9-13-39-14-10-36/h1-6,15-17,19H,7-14,18H2,(H,32,33,34)/b31-17+. The zero-order valence-electron chi connectivity index (χ0n) is 21.4. The molecule has 0 saturated carbocycles. The monoisotopic (exact) mass is 565 g/mol. The van der Waals surface area contributed by atoms with Gasteiger partial charge in [0.05, 0.1) is 32.6 Å².